The van der Waals surface area contributed by atoms with Gasteiger partial charge in [-0.05, 0) is 19.8 Å². The molecule has 0 bridgehead atoms. The van der Waals surface area contributed by atoms with E-state index in [4.69, 9.17) is 0 Å². The molecule has 0 amide bonds. The van der Waals surface area contributed by atoms with E-state index in [9.17, 15) is 8.42 Å². The highest BCUT2D eigenvalue weighted by Crippen LogP contribution is 2.09. The molecule has 3 heteroatoms. The summed E-state index contributed by atoms with van der Waals surface area (Å²) < 4.78 is 22.6. The van der Waals surface area contributed by atoms with E-state index in [1.54, 1.807) is 6.92 Å². The third-order valence-electron chi connectivity index (χ3n) is 1.71. The van der Waals surface area contributed by atoms with Crippen molar-refractivity contribution in [2.24, 2.45) is 0 Å². The normalized spacial score (nSPS) is 14.8. The third-order valence-corrected chi connectivity index (χ3v) is 4.15. The Balaban J connectivity index is 4.07. The molecule has 0 aromatic carbocycles. The minimum absolute atomic E-state index is 0.208. The van der Waals surface area contributed by atoms with Gasteiger partial charge in [-0.3, -0.25) is 0 Å². The van der Waals surface area contributed by atoms with Crippen molar-refractivity contribution in [1.29, 1.82) is 0 Å². The topological polar surface area (TPSA) is 34.1 Å². The van der Waals surface area contributed by atoms with Gasteiger partial charge in [0.15, 0.2) is 9.84 Å². The van der Waals surface area contributed by atoms with Crippen molar-refractivity contribution in [1.82, 2.24) is 0 Å². The Morgan fingerprint density at radius 3 is 2.36 bits per heavy atom. The van der Waals surface area contributed by atoms with Gasteiger partial charge < -0.3 is 0 Å². The molecule has 0 fully saturated rings. The maximum Gasteiger partial charge on any atom is 0.152 e. The molecule has 0 N–H and O–H groups in total. The van der Waals surface area contributed by atoms with Crippen LogP contribution in [0.25, 0.3) is 0 Å². The second-order valence-corrected chi connectivity index (χ2v) is 5.36. The van der Waals surface area contributed by atoms with E-state index in [1.165, 1.54) is 0 Å². The van der Waals surface area contributed by atoms with Crippen LogP contribution in [0.5, 0.6) is 0 Å². The Labute approximate surface area is 69.9 Å². The van der Waals surface area contributed by atoms with Gasteiger partial charge in [0.1, 0.15) is 0 Å². The molecule has 0 heterocycles. The largest absolute Gasteiger partial charge is 0.229 e. The van der Waals surface area contributed by atoms with Crippen molar-refractivity contribution in [3.8, 4) is 0 Å². The number of hydrogen-bond donors (Lipinski definition) is 0. The van der Waals surface area contributed by atoms with Gasteiger partial charge in [-0.25, -0.2) is 8.42 Å². The van der Waals surface area contributed by atoms with E-state index in [0.717, 1.165) is 0 Å². The van der Waals surface area contributed by atoms with Crippen LogP contribution in [0.15, 0.2) is 0 Å². The minimum atomic E-state index is -2.81. The average molecular weight is 177 g/mol. The summed E-state index contributed by atoms with van der Waals surface area (Å²) in [6.45, 7) is 7.28. The van der Waals surface area contributed by atoms with Crippen LogP contribution < -0.4 is 0 Å². The van der Waals surface area contributed by atoms with Crippen molar-refractivity contribution >= 4 is 9.84 Å². The molecule has 0 saturated carbocycles. The molecule has 1 radical (unpaired) electrons. The molecular formula is C8H17O2S. The molecule has 0 aliphatic heterocycles. The average Bonchev–Trinajstić information content (AvgIpc) is 1.88. The van der Waals surface area contributed by atoms with Crippen LogP contribution >= 0.6 is 0 Å². The Bertz CT molecular complexity index is 182. The van der Waals surface area contributed by atoms with Crippen molar-refractivity contribution in [3.05, 3.63) is 6.92 Å². The fraction of sp³-hybridized carbons (Fsp3) is 0.875. The summed E-state index contributed by atoms with van der Waals surface area (Å²) in [6, 6.07) is 0. The fourth-order valence-corrected chi connectivity index (χ4v) is 2.45. The highest BCUT2D eigenvalue weighted by molar-refractivity contribution is 7.91. The Kier molecular flexibility index (Phi) is 4.73. The summed E-state index contributed by atoms with van der Waals surface area (Å²) in [5.41, 5.74) is 0. The lowest BCUT2D eigenvalue weighted by molar-refractivity contribution is 0.576. The van der Waals surface area contributed by atoms with Gasteiger partial charge in [-0.15, -0.1) is 0 Å². The van der Waals surface area contributed by atoms with Crippen molar-refractivity contribution in [2.75, 3.05) is 5.75 Å². The van der Waals surface area contributed by atoms with Crippen LogP contribution in [0.3, 0.4) is 0 Å². The lowest BCUT2D eigenvalue weighted by Crippen LogP contribution is -2.20. The molecule has 0 spiro atoms. The molecule has 67 valence electrons. The monoisotopic (exact) mass is 177 g/mol. The van der Waals surface area contributed by atoms with Gasteiger partial charge in [0.2, 0.25) is 0 Å². The maximum absolute atomic E-state index is 11.3. The predicted molar refractivity (Wildman–Crippen MR) is 48.1 cm³/mol. The van der Waals surface area contributed by atoms with Gasteiger partial charge in [-0.2, -0.15) is 0 Å². The lowest BCUT2D eigenvalue weighted by Gasteiger charge is -2.09. The van der Waals surface area contributed by atoms with Crippen LogP contribution in [0.1, 0.15) is 33.1 Å². The van der Waals surface area contributed by atoms with Crippen LogP contribution in [0, 0.1) is 6.92 Å². The summed E-state index contributed by atoms with van der Waals surface area (Å²) in [5, 5.41) is -0.208. The summed E-state index contributed by atoms with van der Waals surface area (Å²) in [5.74, 6) is 0.314. The van der Waals surface area contributed by atoms with Crippen molar-refractivity contribution in [3.63, 3.8) is 0 Å². The number of sulfone groups is 1. The first-order valence-electron chi connectivity index (χ1n) is 4.05. The summed E-state index contributed by atoms with van der Waals surface area (Å²) >= 11 is 0. The van der Waals surface area contributed by atoms with Gasteiger partial charge >= 0.3 is 0 Å². The predicted octanol–water partition coefficient (Wildman–Crippen LogP) is 1.81. The van der Waals surface area contributed by atoms with Crippen LogP contribution in [0.2, 0.25) is 0 Å². The maximum atomic E-state index is 11.3. The SMILES string of the molecule is [CH2]CCC(C)S(=O)(=O)CCC. The minimum Gasteiger partial charge on any atom is -0.229 e. The molecule has 0 aliphatic carbocycles. The summed E-state index contributed by atoms with van der Waals surface area (Å²) in [7, 11) is -2.81. The van der Waals surface area contributed by atoms with E-state index >= 15 is 0 Å². The van der Waals surface area contributed by atoms with Crippen LogP contribution in [-0.4, -0.2) is 19.4 Å². The fourth-order valence-electron chi connectivity index (χ4n) is 0.953. The van der Waals surface area contributed by atoms with Gasteiger partial charge in [-0.1, -0.05) is 20.3 Å². The first kappa shape index (κ1) is 11.0. The van der Waals surface area contributed by atoms with Crippen molar-refractivity contribution in [2.45, 2.75) is 38.4 Å². The van der Waals surface area contributed by atoms with E-state index in [2.05, 4.69) is 6.92 Å². The lowest BCUT2D eigenvalue weighted by atomic mass is 10.3. The summed E-state index contributed by atoms with van der Waals surface area (Å²) in [6.07, 6.45) is 2.09. The van der Waals surface area contributed by atoms with Crippen molar-refractivity contribution < 1.29 is 8.42 Å². The first-order chi connectivity index (χ1) is 5.04. The second-order valence-electron chi connectivity index (χ2n) is 2.82. The number of hydrogen-bond acceptors (Lipinski definition) is 2. The molecular weight excluding hydrogens is 160 g/mol. The Hall–Kier alpha value is -0.0500. The zero-order valence-corrected chi connectivity index (χ0v) is 8.15. The van der Waals surface area contributed by atoms with E-state index in [1.807, 2.05) is 6.92 Å². The molecule has 0 aromatic rings. The van der Waals surface area contributed by atoms with Gasteiger partial charge in [0.25, 0.3) is 0 Å². The highest BCUT2D eigenvalue weighted by Gasteiger charge is 2.17. The molecule has 2 nitrogen and oxygen atoms in total. The zero-order valence-electron chi connectivity index (χ0n) is 7.34. The molecule has 0 aliphatic rings. The van der Waals surface area contributed by atoms with E-state index < -0.39 is 9.84 Å². The Morgan fingerprint density at radius 1 is 1.45 bits per heavy atom. The second kappa shape index (κ2) is 4.75. The van der Waals surface area contributed by atoms with Crippen LogP contribution in [-0.2, 0) is 9.84 Å². The smallest absolute Gasteiger partial charge is 0.152 e. The Morgan fingerprint density at radius 2 is 2.00 bits per heavy atom. The molecule has 11 heavy (non-hydrogen) atoms. The molecule has 1 unspecified atom stereocenters. The molecule has 0 rings (SSSR count). The molecule has 0 saturated heterocycles. The van der Waals surface area contributed by atoms with Gasteiger partial charge in [0.05, 0.1) is 11.0 Å². The number of rotatable bonds is 5. The van der Waals surface area contributed by atoms with E-state index in [0.29, 0.717) is 25.0 Å². The third kappa shape index (κ3) is 3.75. The van der Waals surface area contributed by atoms with Crippen LogP contribution in [0.4, 0.5) is 0 Å². The highest BCUT2D eigenvalue weighted by atomic mass is 32.2. The molecule has 1 atom stereocenters. The molecule has 0 aromatic heterocycles. The summed E-state index contributed by atoms with van der Waals surface area (Å²) in [4.78, 5) is 0. The standard InChI is InChI=1S/C8H17O2S/c1-4-6-8(3)11(9,10)7-5-2/h8H,1,4-7H2,2-3H3. The van der Waals surface area contributed by atoms with Gasteiger partial charge in [0, 0.05) is 0 Å². The quantitative estimate of drug-likeness (QED) is 0.642. The van der Waals surface area contributed by atoms with E-state index in [-0.39, 0.29) is 5.25 Å². The first-order valence-corrected chi connectivity index (χ1v) is 5.77. The zero-order chi connectivity index (χ0) is 8.91.